The van der Waals surface area contributed by atoms with Gasteiger partial charge in [0, 0.05) is 10.7 Å². The third kappa shape index (κ3) is 30.5. The van der Waals surface area contributed by atoms with Gasteiger partial charge in [-0.3, -0.25) is 4.18 Å². The maximum atomic E-state index is 12.4. The van der Waals surface area contributed by atoms with Gasteiger partial charge in [0.1, 0.15) is 12.4 Å². The predicted molar refractivity (Wildman–Crippen MR) is 118 cm³/mol. The summed E-state index contributed by atoms with van der Waals surface area (Å²) in [6.07, 6.45) is 2.00. The molecule has 0 N–H and O–H groups in total. The van der Waals surface area contributed by atoms with Crippen LogP contribution in [0.4, 0.5) is 28.9 Å². The zero-order valence-electron chi connectivity index (χ0n) is 17.6. The number of allylic oxidation sites excluding steroid dienone is 2. The molecule has 1 aliphatic heterocycles. The molecule has 1 heterocycles. The molecular formula is C14H20AgBr2F7O9S3. The number of halogens is 9. The molecule has 0 atom stereocenters. The normalized spacial score (nSPS) is 14.5. The van der Waals surface area contributed by atoms with Gasteiger partial charge in [0.05, 0.1) is 19.8 Å². The Balaban J connectivity index is -0.000000242. The Kier molecular flexibility index (Phi) is 30.8. The van der Waals surface area contributed by atoms with E-state index < -0.39 is 69.8 Å². The molecule has 1 fully saturated rings. The van der Waals surface area contributed by atoms with Gasteiger partial charge in [-0.25, -0.2) is 4.39 Å². The van der Waals surface area contributed by atoms with Gasteiger partial charge in [0.2, 0.25) is 0 Å². The van der Waals surface area contributed by atoms with Gasteiger partial charge < -0.3 is 9.47 Å². The monoisotopic (exact) mass is 826 g/mol. The Morgan fingerprint density at radius 1 is 1.00 bits per heavy atom. The average molecular weight is 829 g/mol. The first kappa shape index (κ1) is 43.3. The van der Waals surface area contributed by atoms with Crippen LogP contribution in [0.2, 0.25) is 0 Å². The molecule has 0 unspecified atom stereocenters. The number of alkyl halides is 7. The quantitative estimate of drug-likeness (QED) is 0.0585. The molecule has 1 aliphatic rings. The van der Waals surface area contributed by atoms with Crippen LogP contribution in [0.3, 0.4) is 0 Å². The van der Waals surface area contributed by atoms with Crippen LogP contribution in [-0.4, -0.2) is 86.1 Å². The van der Waals surface area contributed by atoms with Crippen molar-refractivity contribution in [3.63, 3.8) is 0 Å². The number of ether oxygens (including phenoxy) is 2. The molecule has 0 saturated carbocycles. The van der Waals surface area contributed by atoms with Gasteiger partial charge in [-0.2, -0.15) is 42.8 Å². The first-order valence-electron chi connectivity index (χ1n) is 8.35. The maximum absolute atomic E-state index is 12.4. The molecule has 0 spiro atoms. The van der Waals surface area contributed by atoms with E-state index in [0.29, 0.717) is 6.61 Å². The van der Waals surface area contributed by atoms with E-state index in [0.717, 1.165) is 22.8 Å². The van der Waals surface area contributed by atoms with Gasteiger partial charge in [0.15, 0.2) is 6.67 Å². The zero-order chi connectivity index (χ0) is 29.3. The number of hydrogen-bond donors (Lipinski definition) is 0. The van der Waals surface area contributed by atoms with Crippen molar-refractivity contribution in [2.75, 3.05) is 49.5 Å². The molecule has 0 aromatic carbocycles. The van der Waals surface area contributed by atoms with E-state index in [2.05, 4.69) is 57.7 Å². The van der Waals surface area contributed by atoms with E-state index in [1.165, 1.54) is 21.6 Å². The van der Waals surface area contributed by atoms with E-state index >= 15 is 0 Å². The van der Waals surface area contributed by atoms with E-state index in [4.69, 9.17) is 8.42 Å². The fourth-order valence-corrected chi connectivity index (χ4v) is 2.20. The summed E-state index contributed by atoms with van der Waals surface area (Å²) in [5.74, 6) is 0.201. The topological polar surface area (TPSA) is 130 Å². The van der Waals surface area contributed by atoms with E-state index in [9.17, 15) is 45.7 Å². The summed E-state index contributed by atoms with van der Waals surface area (Å²) < 4.78 is 150. The summed E-state index contributed by atoms with van der Waals surface area (Å²) in [5, 5.41) is -2.77. The van der Waals surface area contributed by atoms with Gasteiger partial charge in [-0.1, -0.05) is 60.0 Å². The molecule has 1 rings (SSSR count). The summed E-state index contributed by atoms with van der Waals surface area (Å²) in [4.78, 5) is 0. The second-order valence-corrected chi connectivity index (χ2v) is 9.74. The molecule has 1 saturated heterocycles. The zero-order valence-corrected chi connectivity index (χ0v) is 24.7. The predicted octanol–water partition coefficient (Wildman–Crippen LogP) is 3.46. The molecule has 0 radical (unpaired) electrons. The Hall–Kier alpha value is 0.290. The van der Waals surface area contributed by atoms with Crippen LogP contribution in [-0.2, 0) is 67.2 Å². The van der Waals surface area contributed by atoms with Crippen LogP contribution in [0.1, 0.15) is 0 Å². The van der Waals surface area contributed by atoms with Crippen molar-refractivity contribution >= 4 is 63.8 Å². The molecule has 9 nitrogen and oxygen atoms in total. The summed E-state index contributed by atoms with van der Waals surface area (Å²) in [5.41, 5.74) is 0. The van der Waals surface area contributed by atoms with Gasteiger partial charge >= 0.3 is 57.8 Å². The number of rotatable bonds is 11. The van der Waals surface area contributed by atoms with Crippen LogP contribution in [0, 0.1) is 0 Å². The fraction of sp³-hybridized carbons (Fsp3) is 0.714. The molecule has 222 valence electrons. The van der Waals surface area contributed by atoms with E-state index in [1.54, 1.807) is 0 Å². The van der Waals surface area contributed by atoms with Crippen LogP contribution >= 0.6 is 31.9 Å². The summed E-state index contributed by atoms with van der Waals surface area (Å²) in [6.45, 7) is -4.66. The second-order valence-electron chi connectivity index (χ2n) is 5.08. The minimum absolute atomic E-state index is 0.201. The molecule has 0 amide bonds. The van der Waals surface area contributed by atoms with Crippen molar-refractivity contribution in [2.24, 2.45) is 0 Å². The molecular weight excluding hydrogens is 809 g/mol. The number of hydrogen-bond acceptors (Lipinski definition) is 9. The standard InChI is InChI=1S/C8H10F6O4S.C4H6Br2.C2H4O3S.Ag.FH.O2S/c9-5-7(10,11)18-4-2-1-3-17-6-8(12,13)19(14,15)16;5-3-1-2-4-6;3-6(4)2-1-5-6;;;1-3-2/h1-2H,3-6H2;1-2H,3-4H2;1-2H2;;1H;/q;;;+1;;/p-1/b2*2-1+;;;;. The van der Waals surface area contributed by atoms with Crippen LogP contribution in [0.25, 0.3) is 0 Å². The molecule has 0 bridgehead atoms. The fourth-order valence-electron chi connectivity index (χ4n) is 1.01. The summed E-state index contributed by atoms with van der Waals surface area (Å²) in [7, 11) is -9.05. The Labute approximate surface area is 237 Å². The van der Waals surface area contributed by atoms with Gasteiger partial charge in [-0.15, -0.1) is 0 Å². The Morgan fingerprint density at radius 2 is 1.39 bits per heavy atom. The molecule has 36 heavy (non-hydrogen) atoms. The average Bonchev–Trinajstić information content (AvgIpc) is 2.78. The van der Waals surface area contributed by atoms with Crippen molar-refractivity contribution in [3.05, 3.63) is 24.3 Å². The van der Waals surface area contributed by atoms with Crippen LogP contribution in [0.15, 0.2) is 24.3 Å². The van der Waals surface area contributed by atoms with Crippen LogP contribution < -0.4 is 0 Å². The van der Waals surface area contributed by atoms with Crippen molar-refractivity contribution in [1.29, 1.82) is 0 Å². The Morgan fingerprint density at radius 3 is 1.67 bits per heavy atom. The first-order valence-corrected chi connectivity index (χ1v) is 14.8. The summed E-state index contributed by atoms with van der Waals surface area (Å²) >= 11 is 7.19. The van der Waals surface area contributed by atoms with Crippen molar-refractivity contribution in [1.82, 2.24) is 0 Å². The third-order valence-electron chi connectivity index (χ3n) is 2.49. The Bertz CT molecular complexity index is 827. The minimum atomic E-state index is -6.07. The third-order valence-corrected chi connectivity index (χ3v) is 5.27. The van der Waals surface area contributed by atoms with Crippen molar-refractivity contribution < 1.29 is 89.4 Å². The van der Waals surface area contributed by atoms with Crippen LogP contribution in [0.5, 0.6) is 0 Å². The van der Waals surface area contributed by atoms with Gasteiger partial charge in [-0.05, 0) is 0 Å². The van der Waals surface area contributed by atoms with Crippen molar-refractivity contribution in [3.8, 4) is 0 Å². The van der Waals surface area contributed by atoms with Gasteiger partial charge in [0.25, 0.3) is 10.1 Å². The second kappa shape index (κ2) is 25.6. The summed E-state index contributed by atoms with van der Waals surface area (Å²) in [6, 6.07) is 0. The first-order chi connectivity index (χ1) is 16.6. The molecule has 0 aromatic rings. The molecule has 0 aliphatic carbocycles. The van der Waals surface area contributed by atoms with E-state index in [-0.39, 0.29) is 5.75 Å². The molecule has 0 aromatic heterocycles. The van der Waals surface area contributed by atoms with Crippen molar-refractivity contribution in [2.45, 2.75) is 11.4 Å². The SMILES string of the molecule is BrC/C=C/CBr.O=S(=O)(F)C(F)(F)COC/C=C/COC(F)(F)CF.O=S1(=O)CCO1.O=S=O.[F][Ag]. The molecule has 22 heteroatoms. The van der Waals surface area contributed by atoms with E-state index in [1.807, 2.05) is 0 Å².